The minimum Gasteiger partial charge on any atom is -0.383 e. The van der Waals surface area contributed by atoms with Gasteiger partial charge in [0.05, 0.1) is 34.9 Å². The lowest BCUT2D eigenvalue weighted by atomic mass is 10.2. The smallest absolute Gasteiger partial charge is 0.279 e. The van der Waals surface area contributed by atoms with Crippen LogP contribution in [0.2, 0.25) is 5.02 Å². The normalized spacial score (nSPS) is 16.0. The second-order valence-electron chi connectivity index (χ2n) is 7.10. The van der Waals surface area contributed by atoms with Gasteiger partial charge in [0.2, 0.25) is 10.0 Å². The van der Waals surface area contributed by atoms with Gasteiger partial charge in [-0.15, -0.1) is 0 Å². The number of rotatable bonds is 6. The number of hydrogen-bond donors (Lipinski definition) is 0. The van der Waals surface area contributed by atoms with Crippen molar-refractivity contribution in [2.45, 2.75) is 11.4 Å². The molecule has 1 saturated heterocycles. The number of halogens is 1. The van der Waals surface area contributed by atoms with Crippen molar-refractivity contribution in [2.75, 3.05) is 40.0 Å². The summed E-state index contributed by atoms with van der Waals surface area (Å²) in [6.45, 7) is 2.37. The zero-order valence-corrected chi connectivity index (χ0v) is 19.8. The van der Waals surface area contributed by atoms with Crippen LogP contribution in [0.25, 0.3) is 10.2 Å². The van der Waals surface area contributed by atoms with Crippen LogP contribution >= 0.6 is 22.9 Å². The summed E-state index contributed by atoms with van der Waals surface area (Å²) < 4.78 is 40.2. The number of nitrogens with zero attached hydrogens (tertiary/aromatic N) is 3. The maximum absolute atomic E-state index is 12.8. The summed E-state index contributed by atoms with van der Waals surface area (Å²) in [6.07, 6.45) is 0. The first-order chi connectivity index (χ1) is 15.4. The van der Waals surface area contributed by atoms with Gasteiger partial charge in [0.25, 0.3) is 5.91 Å². The Balaban J connectivity index is 1.64. The van der Waals surface area contributed by atoms with Crippen LogP contribution in [0.4, 0.5) is 0 Å². The summed E-state index contributed by atoms with van der Waals surface area (Å²) in [5, 5.41) is 0.604. The molecule has 0 N–H and O–H groups in total. The molecule has 11 heteroatoms. The number of amides is 1. The van der Waals surface area contributed by atoms with E-state index in [0.717, 1.165) is 10.2 Å². The lowest BCUT2D eigenvalue weighted by Gasteiger charge is -2.26. The molecule has 0 bridgehead atoms. The molecule has 0 spiro atoms. The van der Waals surface area contributed by atoms with Crippen LogP contribution < -0.4 is 4.80 Å². The molecule has 1 aliphatic rings. The number of morpholine rings is 1. The van der Waals surface area contributed by atoms with Gasteiger partial charge in [0.1, 0.15) is 0 Å². The Morgan fingerprint density at radius 2 is 1.91 bits per heavy atom. The molecule has 32 heavy (non-hydrogen) atoms. The van der Waals surface area contributed by atoms with E-state index < -0.39 is 15.9 Å². The third-order valence-electron chi connectivity index (χ3n) is 5.07. The van der Waals surface area contributed by atoms with Crippen molar-refractivity contribution < 1.29 is 22.7 Å². The number of carbonyl (C=O) groups excluding carboxylic acids is 1. The van der Waals surface area contributed by atoms with Crippen LogP contribution in [0.3, 0.4) is 0 Å². The van der Waals surface area contributed by atoms with Crippen LogP contribution in [-0.4, -0.2) is 63.2 Å². The molecule has 1 amide bonds. The van der Waals surface area contributed by atoms with E-state index in [1.165, 1.54) is 39.9 Å². The fourth-order valence-corrected chi connectivity index (χ4v) is 6.13. The molecular formula is C21H22ClN3O5S2. The molecule has 1 aliphatic heterocycles. The van der Waals surface area contributed by atoms with Gasteiger partial charge in [0, 0.05) is 37.3 Å². The summed E-state index contributed by atoms with van der Waals surface area (Å²) in [5.74, 6) is -0.454. The van der Waals surface area contributed by atoms with E-state index in [1.54, 1.807) is 13.2 Å². The highest BCUT2D eigenvalue weighted by Gasteiger charge is 2.26. The average Bonchev–Trinajstić information content (AvgIpc) is 3.14. The summed E-state index contributed by atoms with van der Waals surface area (Å²) in [6, 6.07) is 11.4. The quantitative estimate of drug-likeness (QED) is 0.524. The Bertz CT molecular complexity index is 1290. The number of methoxy groups -OCH3 is 1. The number of hydrogen-bond acceptors (Lipinski definition) is 6. The van der Waals surface area contributed by atoms with Crippen molar-refractivity contribution in [1.82, 2.24) is 8.87 Å². The number of fused-ring (bicyclic) bond motifs is 1. The molecule has 3 aromatic rings. The fourth-order valence-electron chi connectivity index (χ4n) is 3.39. The van der Waals surface area contributed by atoms with E-state index >= 15 is 0 Å². The van der Waals surface area contributed by atoms with Crippen LogP contribution in [0.15, 0.2) is 52.4 Å². The summed E-state index contributed by atoms with van der Waals surface area (Å²) >= 11 is 7.47. The molecule has 170 valence electrons. The molecule has 4 rings (SSSR count). The van der Waals surface area contributed by atoms with Crippen molar-refractivity contribution >= 4 is 49.1 Å². The Labute approximate surface area is 194 Å². The van der Waals surface area contributed by atoms with Crippen LogP contribution in [0, 0.1) is 0 Å². The second kappa shape index (κ2) is 9.82. The molecular weight excluding hydrogens is 474 g/mol. The number of ether oxygens (including phenoxy) is 2. The van der Waals surface area contributed by atoms with Crippen molar-refractivity contribution in [2.24, 2.45) is 4.99 Å². The van der Waals surface area contributed by atoms with Crippen molar-refractivity contribution in [3.8, 4) is 0 Å². The summed E-state index contributed by atoms with van der Waals surface area (Å²) in [4.78, 5) is 17.8. The van der Waals surface area contributed by atoms with E-state index in [1.807, 2.05) is 16.7 Å². The van der Waals surface area contributed by atoms with Crippen molar-refractivity contribution in [1.29, 1.82) is 0 Å². The molecule has 0 atom stereocenters. The van der Waals surface area contributed by atoms with Gasteiger partial charge < -0.3 is 14.0 Å². The third-order valence-corrected chi connectivity index (χ3v) is 8.26. The van der Waals surface area contributed by atoms with E-state index in [2.05, 4.69) is 4.99 Å². The molecule has 0 radical (unpaired) electrons. The first-order valence-corrected chi connectivity index (χ1v) is 12.6. The van der Waals surface area contributed by atoms with Crippen LogP contribution in [-0.2, 0) is 26.0 Å². The van der Waals surface area contributed by atoms with Gasteiger partial charge >= 0.3 is 0 Å². The Morgan fingerprint density at radius 1 is 1.19 bits per heavy atom. The number of aromatic nitrogens is 1. The van der Waals surface area contributed by atoms with Gasteiger partial charge in [-0.25, -0.2) is 8.42 Å². The number of sulfonamides is 1. The van der Waals surface area contributed by atoms with E-state index in [4.69, 9.17) is 21.1 Å². The third kappa shape index (κ3) is 4.80. The highest BCUT2D eigenvalue weighted by molar-refractivity contribution is 7.89. The molecule has 0 aliphatic carbocycles. The minimum absolute atomic E-state index is 0.141. The molecule has 0 saturated carbocycles. The van der Waals surface area contributed by atoms with Crippen LogP contribution in [0.5, 0.6) is 0 Å². The largest absolute Gasteiger partial charge is 0.383 e. The Kier molecular flexibility index (Phi) is 7.08. The molecule has 8 nitrogen and oxygen atoms in total. The monoisotopic (exact) mass is 495 g/mol. The van der Waals surface area contributed by atoms with Gasteiger partial charge in [-0.3, -0.25) is 4.79 Å². The second-order valence-corrected chi connectivity index (χ2v) is 10.5. The van der Waals surface area contributed by atoms with Crippen molar-refractivity contribution in [3.63, 3.8) is 0 Å². The standard InChI is InChI=1S/C21H22ClN3O5S2/c1-29-11-10-25-18-7-4-16(22)14-19(18)31-21(25)23-20(26)15-2-5-17(6-3-15)32(27,28)24-8-12-30-13-9-24/h2-7,14H,8-13H2,1H3. The molecule has 1 fully saturated rings. The van der Waals surface area contributed by atoms with Gasteiger partial charge in [0.15, 0.2) is 4.80 Å². The minimum atomic E-state index is -3.62. The molecule has 2 heterocycles. The average molecular weight is 496 g/mol. The summed E-state index contributed by atoms with van der Waals surface area (Å²) in [7, 11) is -2.01. The van der Waals surface area contributed by atoms with Crippen LogP contribution in [0.1, 0.15) is 10.4 Å². The van der Waals surface area contributed by atoms with E-state index in [-0.39, 0.29) is 4.90 Å². The maximum Gasteiger partial charge on any atom is 0.279 e. The number of thiazole rings is 1. The van der Waals surface area contributed by atoms with E-state index in [0.29, 0.717) is 54.8 Å². The zero-order chi connectivity index (χ0) is 22.7. The lowest BCUT2D eigenvalue weighted by Crippen LogP contribution is -2.40. The first kappa shape index (κ1) is 23.1. The molecule has 2 aromatic carbocycles. The Morgan fingerprint density at radius 3 is 2.59 bits per heavy atom. The lowest BCUT2D eigenvalue weighted by molar-refractivity contribution is 0.0730. The fraction of sp³-hybridized carbons (Fsp3) is 0.333. The van der Waals surface area contributed by atoms with E-state index in [9.17, 15) is 13.2 Å². The highest BCUT2D eigenvalue weighted by atomic mass is 35.5. The molecule has 1 aromatic heterocycles. The summed E-state index contributed by atoms with van der Waals surface area (Å²) in [5.41, 5.74) is 1.22. The Hall–Kier alpha value is -2.08. The zero-order valence-electron chi connectivity index (χ0n) is 17.4. The van der Waals surface area contributed by atoms with Gasteiger partial charge in [-0.2, -0.15) is 9.30 Å². The molecule has 0 unspecified atom stereocenters. The maximum atomic E-state index is 12.8. The highest BCUT2D eigenvalue weighted by Crippen LogP contribution is 2.22. The predicted octanol–water partition coefficient (Wildman–Crippen LogP) is 2.76. The predicted molar refractivity (Wildman–Crippen MR) is 123 cm³/mol. The number of benzene rings is 2. The number of carbonyl (C=O) groups is 1. The topological polar surface area (TPSA) is 90.2 Å². The first-order valence-electron chi connectivity index (χ1n) is 9.95. The van der Waals surface area contributed by atoms with Crippen molar-refractivity contribution in [3.05, 3.63) is 57.9 Å². The SMILES string of the molecule is COCCn1c(=NC(=O)c2ccc(S(=O)(=O)N3CCOCC3)cc2)sc2cc(Cl)ccc21. The van der Waals surface area contributed by atoms with Gasteiger partial charge in [-0.05, 0) is 42.5 Å². The van der Waals surface area contributed by atoms with Gasteiger partial charge in [-0.1, -0.05) is 22.9 Å².